The predicted molar refractivity (Wildman–Crippen MR) is 105 cm³/mol. The Balaban J connectivity index is 3.14. The summed E-state index contributed by atoms with van der Waals surface area (Å²) >= 11 is 0. The normalized spacial score (nSPS) is 11.7. The monoisotopic (exact) mass is 338 g/mol. The van der Waals surface area contributed by atoms with E-state index in [-0.39, 0.29) is 5.97 Å². The van der Waals surface area contributed by atoms with Crippen LogP contribution < -0.4 is 0 Å². The van der Waals surface area contributed by atoms with Gasteiger partial charge in [-0.2, -0.15) is 0 Å². The molecule has 0 aromatic heterocycles. The number of hydrogen-bond acceptors (Lipinski definition) is 2. The first kappa shape index (κ1) is 23.2. The first-order chi connectivity index (χ1) is 11.7. The Kier molecular flexibility index (Phi) is 17.9. The maximum Gasteiger partial charge on any atom is 0.310 e. The molecule has 0 aromatic rings. The molecule has 0 unspecified atom stereocenters. The van der Waals surface area contributed by atoms with Crippen LogP contribution in [0.2, 0.25) is 0 Å². The van der Waals surface area contributed by atoms with Crippen molar-refractivity contribution in [1.29, 1.82) is 0 Å². The molecule has 0 saturated heterocycles. The van der Waals surface area contributed by atoms with Crippen molar-refractivity contribution < 1.29 is 9.53 Å². The molecule has 0 amide bonds. The molecular weight excluding hydrogens is 296 g/mol. The second-order valence-electron chi connectivity index (χ2n) is 7.07. The highest BCUT2D eigenvalue weighted by atomic mass is 16.5. The van der Waals surface area contributed by atoms with E-state index < -0.39 is 0 Å². The van der Waals surface area contributed by atoms with Gasteiger partial charge < -0.3 is 4.74 Å². The number of unbranched alkanes of at least 4 members (excludes halogenated alkanes) is 14. The van der Waals surface area contributed by atoms with Gasteiger partial charge >= 0.3 is 5.97 Å². The SMILES string of the molecule is C/C=C(\C)OC(=O)CCCCCCCCCCCCCCCCC. The molecule has 142 valence electrons. The molecule has 0 saturated carbocycles. The van der Waals surface area contributed by atoms with E-state index in [4.69, 9.17) is 4.74 Å². The molecule has 0 bridgehead atoms. The van der Waals surface area contributed by atoms with Crippen LogP contribution >= 0.6 is 0 Å². The van der Waals surface area contributed by atoms with Gasteiger partial charge in [0.25, 0.3) is 0 Å². The minimum absolute atomic E-state index is 0.0831. The largest absolute Gasteiger partial charge is 0.432 e. The molecule has 24 heavy (non-hydrogen) atoms. The fourth-order valence-electron chi connectivity index (χ4n) is 2.93. The zero-order valence-electron chi connectivity index (χ0n) is 16.7. The zero-order chi connectivity index (χ0) is 17.9. The highest BCUT2D eigenvalue weighted by molar-refractivity contribution is 5.70. The fraction of sp³-hybridized carbons (Fsp3) is 0.864. The van der Waals surface area contributed by atoms with Crippen molar-refractivity contribution in [1.82, 2.24) is 0 Å². The van der Waals surface area contributed by atoms with E-state index in [0.29, 0.717) is 12.2 Å². The highest BCUT2D eigenvalue weighted by Gasteiger charge is 2.03. The van der Waals surface area contributed by atoms with Gasteiger partial charge in [0.05, 0.1) is 0 Å². The number of esters is 1. The van der Waals surface area contributed by atoms with Crippen LogP contribution in [0.3, 0.4) is 0 Å². The smallest absolute Gasteiger partial charge is 0.310 e. The Bertz CT molecular complexity index is 307. The molecule has 0 atom stereocenters. The van der Waals surface area contributed by atoms with Gasteiger partial charge in [0.1, 0.15) is 5.76 Å². The number of rotatable bonds is 17. The van der Waals surface area contributed by atoms with Crippen LogP contribution in [0.1, 0.15) is 124 Å². The molecule has 2 nitrogen and oxygen atoms in total. The van der Waals surface area contributed by atoms with Gasteiger partial charge in [0.15, 0.2) is 0 Å². The lowest BCUT2D eigenvalue weighted by Crippen LogP contribution is -2.02. The lowest BCUT2D eigenvalue weighted by molar-refractivity contribution is -0.139. The van der Waals surface area contributed by atoms with Gasteiger partial charge in [-0.15, -0.1) is 0 Å². The van der Waals surface area contributed by atoms with Crippen LogP contribution in [0.5, 0.6) is 0 Å². The van der Waals surface area contributed by atoms with Gasteiger partial charge in [-0.25, -0.2) is 0 Å². The van der Waals surface area contributed by atoms with Gasteiger partial charge in [-0.05, 0) is 26.3 Å². The highest BCUT2D eigenvalue weighted by Crippen LogP contribution is 2.14. The van der Waals surface area contributed by atoms with Crippen molar-refractivity contribution in [2.24, 2.45) is 0 Å². The van der Waals surface area contributed by atoms with E-state index in [2.05, 4.69) is 6.92 Å². The second-order valence-corrected chi connectivity index (χ2v) is 7.07. The van der Waals surface area contributed by atoms with Crippen LogP contribution in [0.25, 0.3) is 0 Å². The topological polar surface area (TPSA) is 26.3 Å². The van der Waals surface area contributed by atoms with Gasteiger partial charge in [0.2, 0.25) is 0 Å². The van der Waals surface area contributed by atoms with Crippen molar-refractivity contribution in [3.8, 4) is 0 Å². The Morgan fingerprint density at radius 1 is 0.708 bits per heavy atom. The third-order valence-electron chi connectivity index (χ3n) is 4.67. The minimum atomic E-state index is -0.0831. The number of carbonyl (C=O) groups excluding carboxylic acids is 1. The predicted octanol–water partition coefficient (Wildman–Crippen LogP) is 7.71. The van der Waals surface area contributed by atoms with Crippen LogP contribution in [0.15, 0.2) is 11.8 Å². The van der Waals surface area contributed by atoms with Gasteiger partial charge in [-0.1, -0.05) is 96.8 Å². The second kappa shape index (κ2) is 18.5. The molecule has 0 heterocycles. The fourth-order valence-corrected chi connectivity index (χ4v) is 2.93. The van der Waals surface area contributed by atoms with E-state index >= 15 is 0 Å². The number of carbonyl (C=O) groups is 1. The summed E-state index contributed by atoms with van der Waals surface area (Å²) in [6.07, 6.45) is 22.6. The molecule has 0 aliphatic rings. The molecule has 0 fully saturated rings. The lowest BCUT2D eigenvalue weighted by Gasteiger charge is -2.04. The summed E-state index contributed by atoms with van der Waals surface area (Å²) in [5.41, 5.74) is 0. The average Bonchev–Trinajstić information content (AvgIpc) is 2.58. The minimum Gasteiger partial charge on any atom is -0.432 e. The first-order valence-electron chi connectivity index (χ1n) is 10.5. The maximum absolute atomic E-state index is 11.5. The Morgan fingerprint density at radius 3 is 1.46 bits per heavy atom. The number of allylic oxidation sites excluding steroid dienone is 2. The molecular formula is C22H42O2. The van der Waals surface area contributed by atoms with E-state index in [1.165, 1.54) is 83.5 Å². The van der Waals surface area contributed by atoms with Crippen molar-refractivity contribution in [2.75, 3.05) is 0 Å². The standard InChI is InChI=1S/C22H42O2/c1-4-6-7-8-9-10-11-12-13-14-15-16-17-18-19-20-22(23)24-21(3)5-2/h5H,4,6-20H2,1-3H3/b21-5+. The molecule has 2 heteroatoms. The summed E-state index contributed by atoms with van der Waals surface area (Å²) in [7, 11) is 0. The molecule has 0 spiro atoms. The third-order valence-corrected chi connectivity index (χ3v) is 4.67. The van der Waals surface area contributed by atoms with Crippen molar-refractivity contribution >= 4 is 5.97 Å². The Hall–Kier alpha value is -0.790. The molecule has 0 aliphatic carbocycles. The quantitative estimate of drug-likeness (QED) is 0.154. The summed E-state index contributed by atoms with van der Waals surface area (Å²) in [5, 5.41) is 0. The number of hydrogen-bond donors (Lipinski definition) is 0. The summed E-state index contributed by atoms with van der Waals surface area (Å²) in [6, 6.07) is 0. The third kappa shape index (κ3) is 17.6. The Morgan fingerprint density at radius 2 is 1.08 bits per heavy atom. The first-order valence-corrected chi connectivity index (χ1v) is 10.5. The van der Waals surface area contributed by atoms with Crippen molar-refractivity contribution in [3.05, 3.63) is 11.8 Å². The summed E-state index contributed by atoms with van der Waals surface area (Å²) < 4.78 is 5.14. The summed E-state index contributed by atoms with van der Waals surface area (Å²) in [5.74, 6) is 0.626. The van der Waals surface area contributed by atoms with Crippen LogP contribution in [-0.4, -0.2) is 5.97 Å². The van der Waals surface area contributed by atoms with Crippen LogP contribution in [0, 0.1) is 0 Å². The molecule has 0 rings (SSSR count). The van der Waals surface area contributed by atoms with E-state index in [0.717, 1.165) is 12.8 Å². The summed E-state index contributed by atoms with van der Waals surface area (Å²) in [4.78, 5) is 11.5. The average molecular weight is 339 g/mol. The molecule has 0 aromatic carbocycles. The summed E-state index contributed by atoms with van der Waals surface area (Å²) in [6.45, 7) is 5.99. The Labute approximate surface area is 151 Å². The molecule has 0 N–H and O–H groups in total. The van der Waals surface area contributed by atoms with Gasteiger partial charge in [0, 0.05) is 6.42 Å². The zero-order valence-corrected chi connectivity index (χ0v) is 16.7. The van der Waals surface area contributed by atoms with E-state index in [9.17, 15) is 4.79 Å². The van der Waals surface area contributed by atoms with Crippen molar-refractivity contribution in [2.45, 2.75) is 124 Å². The maximum atomic E-state index is 11.5. The molecule has 0 radical (unpaired) electrons. The van der Waals surface area contributed by atoms with E-state index in [1.807, 2.05) is 19.9 Å². The number of ether oxygens (including phenoxy) is 1. The van der Waals surface area contributed by atoms with Gasteiger partial charge in [-0.3, -0.25) is 4.79 Å². The van der Waals surface area contributed by atoms with E-state index in [1.54, 1.807) is 0 Å². The lowest BCUT2D eigenvalue weighted by atomic mass is 10.0. The van der Waals surface area contributed by atoms with Crippen LogP contribution in [0.4, 0.5) is 0 Å². The molecule has 0 aliphatic heterocycles. The van der Waals surface area contributed by atoms with Crippen molar-refractivity contribution in [3.63, 3.8) is 0 Å². The van der Waals surface area contributed by atoms with Crippen LogP contribution in [-0.2, 0) is 9.53 Å².